The first-order valence-electron chi connectivity index (χ1n) is 4.17. The van der Waals surface area contributed by atoms with Gasteiger partial charge in [-0.15, -0.1) is 10.2 Å². The molecule has 1 heterocycles. The van der Waals surface area contributed by atoms with Crippen molar-refractivity contribution in [2.24, 2.45) is 0 Å². The molecule has 0 aliphatic carbocycles. The minimum absolute atomic E-state index is 0.292. The van der Waals surface area contributed by atoms with Gasteiger partial charge < -0.3 is 5.32 Å². The topological polar surface area (TPSA) is 55.6 Å². The van der Waals surface area contributed by atoms with Crippen LogP contribution in [-0.4, -0.2) is 33.8 Å². The summed E-state index contributed by atoms with van der Waals surface area (Å²) < 4.78 is 0. The molecule has 0 radical (unpaired) electrons. The van der Waals surface area contributed by atoms with Crippen LogP contribution in [0.25, 0.3) is 0 Å². The van der Waals surface area contributed by atoms with Gasteiger partial charge in [0.15, 0.2) is 5.82 Å². The summed E-state index contributed by atoms with van der Waals surface area (Å²) in [5.41, 5.74) is 0. The molecule has 5 nitrogen and oxygen atoms in total. The maximum absolute atomic E-state index is 4.20. The van der Waals surface area contributed by atoms with Gasteiger partial charge in [0.2, 0.25) is 0 Å². The number of nitrogens with zero attached hydrogens (tertiary/aromatic N) is 4. The summed E-state index contributed by atoms with van der Waals surface area (Å²) >= 11 is 0. The lowest BCUT2D eigenvalue weighted by Gasteiger charge is -1.98. The maximum Gasteiger partial charge on any atom is 0.176 e. The fraction of sp³-hybridized carbons (Fsp3) is 0.857. The van der Waals surface area contributed by atoms with Crippen molar-refractivity contribution in [2.45, 2.75) is 26.3 Å². The van der Waals surface area contributed by atoms with Crippen molar-refractivity contribution < 1.29 is 0 Å². The third-order valence-corrected chi connectivity index (χ3v) is 1.53. The summed E-state index contributed by atoms with van der Waals surface area (Å²) in [5.74, 6) is 0.804. The lowest BCUT2D eigenvalue weighted by molar-refractivity contribution is 0.453. The Bertz CT molecular complexity index is 229. The fourth-order valence-electron chi connectivity index (χ4n) is 0.811. The molecule has 0 amide bonds. The van der Waals surface area contributed by atoms with Crippen LogP contribution >= 0.6 is 0 Å². The Kier molecular flexibility index (Phi) is 3.16. The Morgan fingerprint density at radius 3 is 2.75 bits per heavy atom. The molecule has 12 heavy (non-hydrogen) atoms. The SMILES string of the molecule is CNCCc1nnn(C(C)C)n1. The van der Waals surface area contributed by atoms with Crippen LogP contribution in [0.1, 0.15) is 25.7 Å². The van der Waals surface area contributed by atoms with Crippen LogP contribution in [0.3, 0.4) is 0 Å². The van der Waals surface area contributed by atoms with E-state index < -0.39 is 0 Å². The highest BCUT2D eigenvalue weighted by molar-refractivity contribution is 4.77. The summed E-state index contributed by atoms with van der Waals surface area (Å²) in [5, 5.41) is 15.1. The number of hydrogen-bond donors (Lipinski definition) is 1. The van der Waals surface area contributed by atoms with E-state index in [4.69, 9.17) is 0 Å². The highest BCUT2D eigenvalue weighted by Gasteiger charge is 2.03. The Morgan fingerprint density at radius 1 is 1.50 bits per heavy atom. The van der Waals surface area contributed by atoms with Crippen LogP contribution in [-0.2, 0) is 6.42 Å². The smallest absolute Gasteiger partial charge is 0.176 e. The van der Waals surface area contributed by atoms with Gasteiger partial charge in [0.1, 0.15) is 0 Å². The second kappa shape index (κ2) is 4.15. The van der Waals surface area contributed by atoms with Crippen molar-refractivity contribution in [2.75, 3.05) is 13.6 Å². The van der Waals surface area contributed by atoms with Gasteiger partial charge in [-0.1, -0.05) is 0 Å². The third kappa shape index (κ3) is 2.27. The van der Waals surface area contributed by atoms with Crippen LogP contribution in [0.15, 0.2) is 0 Å². The first-order valence-corrected chi connectivity index (χ1v) is 4.17. The summed E-state index contributed by atoms with van der Waals surface area (Å²) in [6.45, 7) is 4.96. The molecule has 0 atom stereocenters. The van der Waals surface area contributed by atoms with Crippen LogP contribution in [0, 0.1) is 0 Å². The molecule has 0 aliphatic heterocycles. The molecule has 1 rings (SSSR count). The van der Waals surface area contributed by atoms with E-state index in [0.717, 1.165) is 18.8 Å². The van der Waals surface area contributed by atoms with Crippen LogP contribution in [0.5, 0.6) is 0 Å². The normalized spacial score (nSPS) is 11.0. The van der Waals surface area contributed by atoms with Gasteiger partial charge in [0, 0.05) is 13.0 Å². The molecule has 1 aromatic heterocycles. The number of aromatic nitrogens is 4. The zero-order valence-corrected chi connectivity index (χ0v) is 7.78. The fourth-order valence-corrected chi connectivity index (χ4v) is 0.811. The highest BCUT2D eigenvalue weighted by Crippen LogP contribution is 1.97. The number of likely N-dealkylation sites (N-methyl/N-ethyl adjacent to an activating group) is 1. The third-order valence-electron chi connectivity index (χ3n) is 1.53. The van der Waals surface area contributed by atoms with Crippen LogP contribution in [0.2, 0.25) is 0 Å². The van der Waals surface area contributed by atoms with Crippen molar-refractivity contribution in [3.8, 4) is 0 Å². The van der Waals surface area contributed by atoms with Crippen molar-refractivity contribution in [3.05, 3.63) is 5.82 Å². The number of rotatable bonds is 4. The standard InChI is InChI=1S/C7H15N5/c1-6(2)12-10-7(9-11-12)4-5-8-3/h6,8H,4-5H2,1-3H3. The summed E-state index contributed by atoms with van der Waals surface area (Å²) in [7, 11) is 1.91. The Morgan fingerprint density at radius 2 is 2.25 bits per heavy atom. The molecular weight excluding hydrogens is 154 g/mol. The van der Waals surface area contributed by atoms with E-state index in [-0.39, 0.29) is 0 Å². The molecule has 0 saturated heterocycles. The van der Waals surface area contributed by atoms with Crippen molar-refractivity contribution in [1.82, 2.24) is 25.5 Å². The van der Waals surface area contributed by atoms with E-state index in [9.17, 15) is 0 Å². The van der Waals surface area contributed by atoms with Gasteiger partial charge in [0.05, 0.1) is 6.04 Å². The molecule has 0 spiro atoms. The Labute approximate surface area is 72.2 Å². The monoisotopic (exact) mass is 169 g/mol. The second-order valence-electron chi connectivity index (χ2n) is 2.97. The van der Waals surface area contributed by atoms with Gasteiger partial charge in [-0.2, -0.15) is 4.80 Å². The minimum atomic E-state index is 0.292. The first-order chi connectivity index (χ1) is 5.74. The molecule has 0 saturated carbocycles. The molecule has 0 aromatic carbocycles. The predicted molar refractivity (Wildman–Crippen MR) is 45.8 cm³/mol. The highest BCUT2D eigenvalue weighted by atomic mass is 15.6. The van der Waals surface area contributed by atoms with E-state index in [0.29, 0.717) is 6.04 Å². The van der Waals surface area contributed by atoms with Crippen molar-refractivity contribution >= 4 is 0 Å². The molecule has 0 bridgehead atoms. The average Bonchev–Trinajstić information content (AvgIpc) is 2.48. The predicted octanol–water partition coefficient (Wildman–Crippen LogP) is 0.0159. The summed E-state index contributed by atoms with van der Waals surface area (Å²) in [4.78, 5) is 1.63. The Hall–Kier alpha value is -0.970. The zero-order chi connectivity index (χ0) is 8.97. The second-order valence-corrected chi connectivity index (χ2v) is 2.97. The molecule has 0 fully saturated rings. The molecule has 68 valence electrons. The zero-order valence-electron chi connectivity index (χ0n) is 7.78. The van der Waals surface area contributed by atoms with E-state index in [1.54, 1.807) is 4.80 Å². The molecule has 0 unspecified atom stereocenters. The molecule has 1 N–H and O–H groups in total. The van der Waals surface area contributed by atoms with Gasteiger partial charge in [-0.05, 0) is 26.1 Å². The van der Waals surface area contributed by atoms with Gasteiger partial charge in [-0.25, -0.2) is 0 Å². The van der Waals surface area contributed by atoms with E-state index in [1.807, 2.05) is 20.9 Å². The van der Waals surface area contributed by atoms with Crippen LogP contribution in [0.4, 0.5) is 0 Å². The van der Waals surface area contributed by atoms with Gasteiger partial charge in [0.25, 0.3) is 0 Å². The van der Waals surface area contributed by atoms with E-state index >= 15 is 0 Å². The average molecular weight is 169 g/mol. The lowest BCUT2D eigenvalue weighted by Crippen LogP contribution is -2.11. The molecule has 1 aromatic rings. The minimum Gasteiger partial charge on any atom is -0.319 e. The molecule has 5 heteroatoms. The van der Waals surface area contributed by atoms with Crippen LogP contribution < -0.4 is 5.32 Å². The number of nitrogens with one attached hydrogen (secondary N) is 1. The van der Waals surface area contributed by atoms with Crippen molar-refractivity contribution in [3.63, 3.8) is 0 Å². The largest absolute Gasteiger partial charge is 0.319 e. The van der Waals surface area contributed by atoms with Gasteiger partial charge >= 0.3 is 0 Å². The van der Waals surface area contributed by atoms with E-state index in [2.05, 4.69) is 20.7 Å². The first kappa shape index (κ1) is 9.12. The lowest BCUT2D eigenvalue weighted by atomic mass is 10.4. The Balaban J connectivity index is 2.52. The molecular formula is C7H15N5. The number of tetrazole rings is 1. The quantitative estimate of drug-likeness (QED) is 0.690. The summed E-state index contributed by atoms with van der Waals surface area (Å²) in [6, 6.07) is 0.292. The van der Waals surface area contributed by atoms with Crippen molar-refractivity contribution in [1.29, 1.82) is 0 Å². The number of hydrogen-bond acceptors (Lipinski definition) is 4. The van der Waals surface area contributed by atoms with Gasteiger partial charge in [-0.3, -0.25) is 0 Å². The summed E-state index contributed by atoms with van der Waals surface area (Å²) in [6.07, 6.45) is 0.837. The maximum atomic E-state index is 4.20. The van der Waals surface area contributed by atoms with E-state index in [1.165, 1.54) is 0 Å². The molecule has 0 aliphatic rings.